The molecule has 0 aliphatic carbocycles. The number of carbonyl (C=O) groups is 1. The first-order chi connectivity index (χ1) is 9.99. The fraction of sp³-hybridized carbons (Fsp3) is 0.562. The SMILES string of the molecule is COC(=O)CC(Cc1ccc(OC)cc1OC)NC(C)C. The van der Waals surface area contributed by atoms with Crippen LogP contribution in [0.3, 0.4) is 0 Å². The van der Waals surface area contributed by atoms with Crippen molar-refractivity contribution in [3.63, 3.8) is 0 Å². The van der Waals surface area contributed by atoms with E-state index in [1.807, 2.05) is 18.2 Å². The maximum Gasteiger partial charge on any atom is 0.307 e. The lowest BCUT2D eigenvalue weighted by Gasteiger charge is -2.21. The van der Waals surface area contributed by atoms with Crippen LogP contribution in [-0.4, -0.2) is 39.4 Å². The summed E-state index contributed by atoms with van der Waals surface area (Å²) in [5, 5.41) is 3.39. The molecule has 0 aliphatic heterocycles. The molecule has 1 aromatic carbocycles. The van der Waals surface area contributed by atoms with Crippen molar-refractivity contribution in [3.8, 4) is 11.5 Å². The van der Waals surface area contributed by atoms with E-state index in [0.29, 0.717) is 12.8 Å². The van der Waals surface area contributed by atoms with E-state index in [-0.39, 0.29) is 18.1 Å². The zero-order valence-electron chi connectivity index (χ0n) is 13.4. The summed E-state index contributed by atoms with van der Waals surface area (Å²) in [4.78, 5) is 11.5. The Kier molecular flexibility index (Phi) is 7.02. The lowest BCUT2D eigenvalue weighted by Crippen LogP contribution is -2.38. The van der Waals surface area contributed by atoms with Gasteiger partial charge in [0, 0.05) is 18.2 Å². The van der Waals surface area contributed by atoms with Crippen molar-refractivity contribution in [1.29, 1.82) is 0 Å². The summed E-state index contributed by atoms with van der Waals surface area (Å²) >= 11 is 0. The average molecular weight is 295 g/mol. The molecule has 0 fully saturated rings. The van der Waals surface area contributed by atoms with E-state index in [0.717, 1.165) is 17.1 Å². The van der Waals surface area contributed by atoms with Gasteiger partial charge in [-0.2, -0.15) is 0 Å². The molecule has 0 bridgehead atoms. The Balaban J connectivity index is 2.88. The molecule has 0 aromatic heterocycles. The third-order valence-corrected chi connectivity index (χ3v) is 3.17. The van der Waals surface area contributed by atoms with Gasteiger partial charge in [0.1, 0.15) is 11.5 Å². The molecular weight excluding hydrogens is 270 g/mol. The largest absolute Gasteiger partial charge is 0.497 e. The Morgan fingerprint density at radius 3 is 2.43 bits per heavy atom. The highest BCUT2D eigenvalue weighted by Gasteiger charge is 2.18. The fourth-order valence-electron chi connectivity index (χ4n) is 2.23. The van der Waals surface area contributed by atoms with Gasteiger partial charge >= 0.3 is 5.97 Å². The summed E-state index contributed by atoms with van der Waals surface area (Å²) in [6, 6.07) is 5.98. The Morgan fingerprint density at radius 1 is 1.19 bits per heavy atom. The molecule has 5 nitrogen and oxygen atoms in total. The number of hydrogen-bond donors (Lipinski definition) is 1. The number of methoxy groups -OCH3 is 3. The van der Waals surface area contributed by atoms with E-state index in [1.54, 1.807) is 14.2 Å². The van der Waals surface area contributed by atoms with Gasteiger partial charge in [-0.1, -0.05) is 19.9 Å². The van der Waals surface area contributed by atoms with Crippen LogP contribution in [0.2, 0.25) is 0 Å². The standard InChI is InChI=1S/C16H25NO4/c1-11(2)17-13(9-16(18)21-5)8-12-6-7-14(19-3)10-15(12)20-4/h6-7,10-11,13,17H,8-9H2,1-5H3. The Labute approximate surface area is 126 Å². The third kappa shape index (κ3) is 5.63. The number of nitrogens with one attached hydrogen (secondary N) is 1. The van der Waals surface area contributed by atoms with Gasteiger partial charge in [0.15, 0.2) is 0 Å². The van der Waals surface area contributed by atoms with Crippen molar-refractivity contribution in [2.45, 2.75) is 38.8 Å². The molecule has 118 valence electrons. The molecule has 0 aliphatic rings. The lowest BCUT2D eigenvalue weighted by molar-refractivity contribution is -0.141. The van der Waals surface area contributed by atoms with Gasteiger partial charge in [-0.25, -0.2) is 0 Å². The second-order valence-corrected chi connectivity index (χ2v) is 5.18. The van der Waals surface area contributed by atoms with E-state index < -0.39 is 0 Å². The van der Waals surface area contributed by atoms with Crippen molar-refractivity contribution < 1.29 is 19.0 Å². The number of benzene rings is 1. The quantitative estimate of drug-likeness (QED) is 0.745. The van der Waals surface area contributed by atoms with E-state index in [9.17, 15) is 4.79 Å². The first-order valence-electron chi connectivity index (χ1n) is 7.03. The number of ether oxygens (including phenoxy) is 3. The monoisotopic (exact) mass is 295 g/mol. The minimum atomic E-state index is -0.222. The fourth-order valence-corrected chi connectivity index (χ4v) is 2.23. The molecule has 1 unspecified atom stereocenters. The summed E-state index contributed by atoms with van der Waals surface area (Å²) in [5.74, 6) is 1.28. The predicted molar refractivity (Wildman–Crippen MR) is 81.9 cm³/mol. The normalized spacial score (nSPS) is 12.1. The Morgan fingerprint density at radius 2 is 1.90 bits per heavy atom. The molecule has 0 spiro atoms. The summed E-state index contributed by atoms with van der Waals surface area (Å²) in [5.41, 5.74) is 1.03. The summed E-state index contributed by atoms with van der Waals surface area (Å²) < 4.78 is 15.4. The zero-order chi connectivity index (χ0) is 15.8. The lowest BCUT2D eigenvalue weighted by atomic mass is 10.0. The molecule has 1 aromatic rings. The topological polar surface area (TPSA) is 56.8 Å². The van der Waals surface area contributed by atoms with E-state index in [4.69, 9.17) is 14.2 Å². The minimum absolute atomic E-state index is 0.000236. The van der Waals surface area contributed by atoms with Crippen LogP contribution in [0.4, 0.5) is 0 Å². The molecular formula is C16H25NO4. The zero-order valence-corrected chi connectivity index (χ0v) is 13.4. The minimum Gasteiger partial charge on any atom is -0.497 e. The molecule has 0 saturated heterocycles. The second kappa shape index (κ2) is 8.52. The number of esters is 1. The first kappa shape index (κ1) is 17.3. The van der Waals surface area contributed by atoms with E-state index >= 15 is 0 Å². The van der Waals surface area contributed by atoms with Crippen LogP contribution in [0, 0.1) is 0 Å². The van der Waals surface area contributed by atoms with Crippen LogP contribution in [0.1, 0.15) is 25.8 Å². The number of hydrogen-bond acceptors (Lipinski definition) is 5. The van der Waals surface area contributed by atoms with Gasteiger partial charge in [0.05, 0.1) is 27.8 Å². The average Bonchev–Trinajstić information content (AvgIpc) is 2.46. The van der Waals surface area contributed by atoms with Gasteiger partial charge in [-0.05, 0) is 18.1 Å². The van der Waals surface area contributed by atoms with Gasteiger partial charge in [-0.3, -0.25) is 4.79 Å². The van der Waals surface area contributed by atoms with Gasteiger partial charge in [-0.15, -0.1) is 0 Å². The molecule has 0 heterocycles. The smallest absolute Gasteiger partial charge is 0.307 e. The van der Waals surface area contributed by atoms with Gasteiger partial charge in [0.2, 0.25) is 0 Å². The van der Waals surface area contributed by atoms with Crippen molar-refractivity contribution in [2.24, 2.45) is 0 Å². The maximum absolute atomic E-state index is 11.5. The molecule has 0 amide bonds. The van der Waals surface area contributed by atoms with Gasteiger partial charge < -0.3 is 19.5 Å². The van der Waals surface area contributed by atoms with Crippen LogP contribution in [0.25, 0.3) is 0 Å². The molecule has 1 atom stereocenters. The predicted octanol–water partition coefficient (Wildman–Crippen LogP) is 2.18. The molecule has 5 heteroatoms. The Bertz CT molecular complexity index is 460. The highest BCUT2D eigenvalue weighted by atomic mass is 16.5. The van der Waals surface area contributed by atoms with Crippen LogP contribution in [-0.2, 0) is 16.0 Å². The second-order valence-electron chi connectivity index (χ2n) is 5.18. The van der Waals surface area contributed by atoms with Crippen LogP contribution >= 0.6 is 0 Å². The Hall–Kier alpha value is -1.75. The van der Waals surface area contributed by atoms with Crippen LogP contribution in [0.5, 0.6) is 11.5 Å². The maximum atomic E-state index is 11.5. The molecule has 21 heavy (non-hydrogen) atoms. The number of carbonyl (C=O) groups excluding carboxylic acids is 1. The third-order valence-electron chi connectivity index (χ3n) is 3.17. The van der Waals surface area contributed by atoms with Crippen molar-refractivity contribution in [2.75, 3.05) is 21.3 Å². The van der Waals surface area contributed by atoms with Gasteiger partial charge in [0.25, 0.3) is 0 Å². The molecule has 0 saturated carbocycles. The van der Waals surface area contributed by atoms with Crippen molar-refractivity contribution in [3.05, 3.63) is 23.8 Å². The summed E-state index contributed by atoms with van der Waals surface area (Å²) in [6.45, 7) is 4.10. The highest BCUT2D eigenvalue weighted by molar-refractivity contribution is 5.70. The molecule has 1 N–H and O–H groups in total. The summed E-state index contributed by atoms with van der Waals surface area (Å²) in [7, 11) is 4.65. The van der Waals surface area contributed by atoms with Crippen LogP contribution in [0.15, 0.2) is 18.2 Å². The molecule has 0 radical (unpaired) electrons. The van der Waals surface area contributed by atoms with E-state index in [2.05, 4.69) is 19.2 Å². The molecule has 1 rings (SSSR count). The van der Waals surface area contributed by atoms with Crippen molar-refractivity contribution >= 4 is 5.97 Å². The highest BCUT2D eigenvalue weighted by Crippen LogP contribution is 2.26. The first-order valence-corrected chi connectivity index (χ1v) is 7.03. The van der Waals surface area contributed by atoms with Crippen LogP contribution < -0.4 is 14.8 Å². The summed E-state index contributed by atoms with van der Waals surface area (Å²) in [6.07, 6.45) is 1.00. The number of rotatable bonds is 8. The van der Waals surface area contributed by atoms with E-state index in [1.165, 1.54) is 7.11 Å². The van der Waals surface area contributed by atoms with Crippen molar-refractivity contribution in [1.82, 2.24) is 5.32 Å².